The minimum atomic E-state index is -0.0261. The first-order valence-corrected chi connectivity index (χ1v) is 7.32. The number of carbonyl (C=O) groups excluding carboxylic acids is 1. The number of fused-ring (bicyclic) bond motifs is 1. The van der Waals surface area contributed by atoms with Crippen molar-refractivity contribution in [3.05, 3.63) is 34.0 Å². The quantitative estimate of drug-likeness (QED) is 0.854. The normalized spacial score (nSPS) is 18.1. The van der Waals surface area contributed by atoms with Crippen LogP contribution in [0.4, 0.5) is 0 Å². The highest BCUT2D eigenvalue weighted by Gasteiger charge is 2.31. The minimum Gasteiger partial charge on any atom is -0.384 e. The zero-order valence-electron chi connectivity index (χ0n) is 11.4. The number of carbonyl (C=O) groups is 1. The van der Waals surface area contributed by atoms with E-state index in [0.29, 0.717) is 25.4 Å². The van der Waals surface area contributed by atoms with Crippen molar-refractivity contribution < 1.29 is 9.53 Å². The zero-order valence-corrected chi connectivity index (χ0v) is 12.3. The molecule has 7 heteroatoms. The Labute approximate surface area is 121 Å². The van der Waals surface area contributed by atoms with Crippen LogP contribution in [0.3, 0.4) is 0 Å². The van der Waals surface area contributed by atoms with Gasteiger partial charge < -0.3 is 9.64 Å². The van der Waals surface area contributed by atoms with Crippen LogP contribution in [0.25, 0.3) is 0 Å². The third-order valence-electron chi connectivity index (χ3n) is 3.43. The van der Waals surface area contributed by atoms with Gasteiger partial charge in [0.1, 0.15) is 5.69 Å². The number of ether oxygens (including phenoxy) is 1. The number of methoxy groups -OCH3 is 1. The first kappa shape index (κ1) is 13.3. The SMILES string of the molecule is COC[C@@H]1CN(C(=O)c2cscn2)Cc2cn(C)nc21. The summed E-state index contributed by atoms with van der Waals surface area (Å²) >= 11 is 1.43. The van der Waals surface area contributed by atoms with Crippen molar-refractivity contribution in [1.82, 2.24) is 19.7 Å². The Morgan fingerprint density at radius 3 is 3.15 bits per heavy atom. The Kier molecular flexibility index (Phi) is 3.54. The molecule has 0 bridgehead atoms. The second-order valence-electron chi connectivity index (χ2n) is 4.92. The Morgan fingerprint density at radius 1 is 1.60 bits per heavy atom. The molecule has 0 saturated heterocycles. The maximum atomic E-state index is 12.4. The summed E-state index contributed by atoms with van der Waals surface area (Å²) in [6.45, 7) is 1.76. The number of aryl methyl sites for hydroxylation is 1. The number of hydrogen-bond donors (Lipinski definition) is 0. The zero-order chi connectivity index (χ0) is 14.1. The molecular weight excluding hydrogens is 276 g/mol. The monoisotopic (exact) mass is 292 g/mol. The fraction of sp³-hybridized carbons (Fsp3) is 0.462. The Morgan fingerprint density at radius 2 is 2.45 bits per heavy atom. The number of nitrogens with zero attached hydrogens (tertiary/aromatic N) is 4. The first-order valence-electron chi connectivity index (χ1n) is 6.38. The Hall–Kier alpha value is -1.73. The van der Waals surface area contributed by atoms with Crippen LogP contribution in [-0.2, 0) is 18.3 Å². The van der Waals surface area contributed by atoms with Crippen LogP contribution in [-0.4, -0.2) is 45.8 Å². The van der Waals surface area contributed by atoms with Gasteiger partial charge in [-0.05, 0) is 0 Å². The summed E-state index contributed by atoms with van der Waals surface area (Å²) in [6, 6.07) is 0. The summed E-state index contributed by atoms with van der Waals surface area (Å²) in [5.41, 5.74) is 4.32. The van der Waals surface area contributed by atoms with E-state index >= 15 is 0 Å². The van der Waals surface area contributed by atoms with Gasteiger partial charge >= 0.3 is 0 Å². The lowest BCUT2D eigenvalue weighted by atomic mass is 9.97. The molecule has 1 aliphatic rings. The standard InChI is InChI=1S/C13H16N4O2S/c1-16-3-9-4-17(13(18)11-7-20-8-14-11)5-10(6-19-2)12(9)15-16/h3,7-8,10H,4-6H2,1-2H3/t10-/m0/s1. The molecule has 6 nitrogen and oxygen atoms in total. The lowest BCUT2D eigenvalue weighted by Gasteiger charge is -2.31. The van der Waals surface area contributed by atoms with Crippen molar-refractivity contribution >= 4 is 17.2 Å². The number of aromatic nitrogens is 3. The molecule has 2 aromatic rings. The smallest absolute Gasteiger partial charge is 0.273 e. The number of rotatable bonds is 3. The van der Waals surface area contributed by atoms with Gasteiger partial charge in [-0.1, -0.05) is 0 Å². The van der Waals surface area contributed by atoms with Crippen LogP contribution in [0, 0.1) is 0 Å². The molecule has 3 rings (SSSR count). The lowest BCUT2D eigenvalue weighted by Crippen LogP contribution is -2.39. The van der Waals surface area contributed by atoms with Gasteiger partial charge in [-0.3, -0.25) is 9.48 Å². The van der Waals surface area contributed by atoms with Crippen LogP contribution in [0.5, 0.6) is 0 Å². The van der Waals surface area contributed by atoms with Crippen molar-refractivity contribution in [2.24, 2.45) is 7.05 Å². The Balaban J connectivity index is 1.87. The summed E-state index contributed by atoms with van der Waals surface area (Å²) in [7, 11) is 3.57. The van der Waals surface area contributed by atoms with Crippen LogP contribution >= 0.6 is 11.3 Å². The topological polar surface area (TPSA) is 60.2 Å². The average molecular weight is 292 g/mol. The van der Waals surface area contributed by atoms with Gasteiger partial charge in [-0.25, -0.2) is 4.98 Å². The molecular formula is C13H16N4O2S. The lowest BCUT2D eigenvalue weighted by molar-refractivity contribution is 0.0673. The van der Waals surface area contributed by atoms with E-state index in [2.05, 4.69) is 10.1 Å². The van der Waals surface area contributed by atoms with Crippen molar-refractivity contribution in [3.63, 3.8) is 0 Å². The van der Waals surface area contributed by atoms with Gasteiger partial charge in [-0.2, -0.15) is 5.10 Å². The number of amides is 1. The molecule has 1 atom stereocenters. The summed E-state index contributed by atoms with van der Waals surface area (Å²) in [4.78, 5) is 18.4. The van der Waals surface area contributed by atoms with E-state index in [4.69, 9.17) is 4.74 Å². The fourth-order valence-corrected chi connectivity index (χ4v) is 3.14. The highest BCUT2D eigenvalue weighted by molar-refractivity contribution is 7.07. The average Bonchev–Trinajstić information content (AvgIpc) is 3.06. The minimum absolute atomic E-state index is 0.0261. The molecule has 0 spiro atoms. The fourth-order valence-electron chi connectivity index (χ4n) is 2.61. The van der Waals surface area contributed by atoms with Gasteiger partial charge in [0.2, 0.25) is 0 Å². The highest BCUT2D eigenvalue weighted by atomic mass is 32.1. The van der Waals surface area contributed by atoms with E-state index in [1.165, 1.54) is 11.3 Å². The van der Waals surface area contributed by atoms with E-state index < -0.39 is 0 Å². The van der Waals surface area contributed by atoms with Gasteiger partial charge in [0.15, 0.2) is 0 Å². The van der Waals surface area contributed by atoms with Gasteiger partial charge in [0, 0.05) is 50.3 Å². The van der Waals surface area contributed by atoms with Gasteiger partial charge in [0.05, 0.1) is 17.8 Å². The highest BCUT2D eigenvalue weighted by Crippen LogP contribution is 2.28. The van der Waals surface area contributed by atoms with E-state index in [1.54, 1.807) is 22.7 Å². The molecule has 20 heavy (non-hydrogen) atoms. The van der Waals surface area contributed by atoms with Crippen LogP contribution in [0.1, 0.15) is 27.7 Å². The van der Waals surface area contributed by atoms with E-state index in [0.717, 1.165) is 11.3 Å². The largest absolute Gasteiger partial charge is 0.384 e. The second-order valence-corrected chi connectivity index (χ2v) is 5.64. The van der Waals surface area contributed by atoms with E-state index in [-0.39, 0.29) is 11.8 Å². The summed E-state index contributed by atoms with van der Waals surface area (Å²) in [5, 5.41) is 6.28. The summed E-state index contributed by atoms with van der Waals surface area (Å²) < 4.78 is 7.06. The van der Waals surface area contributed by atoms with Crippen LogP contribution in [0.15, 0.2) is 17.1 Å². The van der Waals surface area contributed by atoms with Gasteiger partial charge in [0.25, 0.3) is 5.91 Å². The molecule has 1 amide bonds. The van der Waals surface area contributed by atoms with Crippen molar-refractivity contribution in [2.75, 3.05) is 20.3 Å². The maximum absolute atomic E-state index is 12.4. The predicted octanol–water partition coefficient (Wildman–Crippen LogP) is 1.26. The summed E-state index contributed by atoms with van der Waals surface area (Å²) in [5.74, 6) is 0.0920. The molecule has 0 radical (unpaired) electrons. The van der Waals surface area contributed by atoms with Gasteiger partial charge in [-0.15, -0.1) is 11.3 Å². The molecule has 0 fully saturated rings. The van der Waals surface area contributed by atoms with Crippen LogP contribution in [0.2, 0.25) is 0 Å². The second kappa shape index (κ2) is 5.34. The van der Waals surface area contributed by atoms with Crippen LogP contribution < -0.4 is 0 Å². The molecule has 0 unspecified atom stereocenters. The first-order chi connectivity index (χ1) is 9.69. The maximum Gasteiger partial charge on any atom is 0.273 e. The molecule has 106 valence electrons. The van der Waals surface area contributed by atoms with Crippen molar-refractivity contribution in [3.8, 4) is 0 Å². The predicted molar refractivity (Wildman–Crippen MR) is 74.7 cm³/mol. The van der Waals surface area contributed by atoms with Crippen molar-refractivity contribution in [1.29, 1.82) is 0 Å². The number of hydrogen-bond acceptors (Lipinski definition) is 5. The summed E-state index contributed by atoms with van der Waals surface area (Å²) in [6.07, 6.45) is 1.97. The molecule has 0 N–H and O–H groups in total. The molecule has 0 aliphatic carbocycles. The van der Waals surface area contributed by atoms with E-state index in [1.807, 2.05) is 18.1 Å². The molecule has 0 aromatic carbocycles. The van der Waals surface area contributed by atoms with E-state index in [9.17, 15) is 4.79 Å². The molecule has 0 saturated carbocycles. The molecule has 2 aromatic heterocycles. The number of thiazole rings is 1. The molecule has 3 heterocycles. The Bertz CT molecular complexity index is 608. The third-order valence-corrected chi connectivity index (χ3v) is 4.02. The molecule has 1 aliphatic heterocycles. The third kappa shape index (κ3) is 2.34. The van der Waals surface area contributed by atoms with Crippen molar-refractivity contribution in [2.45, 2.75) is 12.5 Å².